The normalized spacial score (nSPS) is 30.4. The number of piperazine rings is 1. The van der Waals surface area contributed by atoms with E-state index in [0.29, 0.717) is 17.9 Å². The molecule has 0 aromatic heterocycles. The first kappa shape index (κ1) is 16.5. The van der Waals surface area contributed by atoms with E-state index in [1.807, 2.05) is 12.1 Å². The van der Waals surface area contributed by atoms with Gasteiger partial charge in [-0.05, 0) is 42.9 Å². The Morgan fingerprint density at radius 3 is 2.46 bits per heavy atom. The van der Waals surface area contributed by atoms with Gasteiger partial charge in [-0.15, -0.1) is 0 Å². The van der Waals surface area contributed by atoms with Crippen molar-refractivity contribution in [2.45, 2.75) is 38.4 Å². The predicted octanol–water partition coefficient (Wildman–Crippen LogP) is 1.83. The molecule has 3 aliphatic rings. The average molecular weight is 352 g/mol. The van der Waals surface area contributed by atoms with Crippen LogP contribution in [0.1, 0.15) is 24.0 Å². The topological polar surface area (TPSA) is 40.6 Å². The van der Waals surface area contributed by atoms with Crippen molar-refractivity contribution in [2.75, 3.05) is 31.1 Å². The van der Waals surface area contributed by atoms with Crippen molar-refractivity contribution in [1.82, 2.24) is 9.80 Å². The Hall–Kier alpha value is -0.980. The van der Waals surface area contributed by atoms with Gasteiger partial charge in [0.1, 0.15) is 5.82 Å². The minimum atomic E-state index is -2.96. The first-order valence-electron chi connectivity index (χ1n) is 8.85. The molecule has 6 heteroatoms. The first-order valence-corrected chi connectivity index (χ1v) is 10.7. The third kappa shape index (κ3) is 3.37. The highest BCUT2D eigenvalue weighted by Crippen LogP contribution is 2.34. The van der Waals surface area contributed by atoms with Crippen LogP contribution in [0.15, 0.2) is 18.2 Å². The Morgan fingerprint density at radius 1 is 1.12 bits per heavy atom. The van der Waals surface area contributed by atoms with Gasteiger partial charge in [-0.3, -0.25) is 9.80 Å². The summed E-state index contributed by atoms with van der Waals surface area (Å²) in [6.45, 7) is 5.36. The maximum Gasteiger partial charge on any atom is 0.153 e. The van der Waals surface area contributed by atoms with E-state index in [2.05, 4.69) is 9.80 Å². The van der Waals surface area contributed by atoms with Crippen molar-refractivity contribution >= 4 is 9.84 Å². The summed E-state index contributed by atoms with van der Waals surface area (Å²) in [6.07, 6.45) is 2.58. The van der Waals surface area contributed by atoms with Crippen LogP contribution in [0.2, 0.25) is 0 Å². The zero-order chi connectivity index (χ0) is 16.9. The fourth-order valence-corrected chi connectivity index (χ4v) is 6.23. The summed E-state index contributed by atoms with van der Waals surface area (Å²) < 4.78 is 37.9. The number of hydrogen-bond donors (Lipinski definition) is 0. The molecule has 1 aromatic rings. The van der Waals surface area contributed by atoms with Crippen LogP contribution in [0, 0.1) is 18.7 Å². The summed E-state index contributed by atoms with van der Waals surface area (Å²) in [4.78, 5) is 4.71. The smallest absolute Gasteiger partial charge is 0.153 e. The second kappa shape index (κ2) is 6.07. The fraction of sp³-hybridized carbons (Fsp3) is 0.667. The third-order valence-corrected chi connectivity index (χ3v) is 7.40. The first-order chi connectivity index (χ1) is 11.4. The van der Waals surface area contributed by atoms with Gasteiger partial charge in [0.15, 0.2) is 9.84 Å². The van der Waals surface area contributed by atoms with Gasteiger partial charge in [0, 0.05) is 38.3 Å². The van der Waals surface area contributed by atoms with Crippen LogP contribution in [0.3, 0.4) is 0 Å². The molecule has 2 atom stereocenters. The van der Waals surface area contributed by atoms with E-state index in [9.17, 15) is 12.8 Å². The number of aryl methyl sites for hydroxylation is 1. The number of fused-ring (bicyclic) bond motifs is 1. The summed E-state index contributed by atoms with van der Waals surface area (Å²) in [5.41, 5.74) is 1.71. The molecule has 1 aromatic carbocycles. The quantitative estimate of drug-likeness (QED) is 0.829. The highest BCUT2D eigenvalue weighted by Gasteiger charge is 2.47. The summed E-state index contributed by atoms with van der Waals surface area (Å²) in [6, 6.07) is 5.41. The van der Waals surface area contributed by atoms with Crippen LogP contribution in [-0.2, 0) is 16.4 Å². The van der Waals surface area contributed by atoms with Gasteiger partial charge in [-0.1, -0.05) is 12.1 Å². The maximum atomic E-state index is 13.5. The maximum absolute atomic E-state index is 13.5. The molecule has 4 nitrogen and oxygen atoms in total. The minimum absolute atomic E-state index is 0.0767. The second-order valence-corrected chi connectivity index (χ2v) is 9.86. The summed E-state index contributed by atoms with van der Waals surface area (Å²) in [5.74, 6) is 1.15. The lowest BCUT2D eigenvalue weighted by molar-refractivity contribution is 0.0376. The summed E-state index contributed by atoms with van der Waals surface area (Å²) >= 11 is 0. The van der Waals surface area contributed by atoms with Gasteiger partial charge in [0.25, 0.3) is 0 Å². The van der Waals surface area contributed by atoms with E-state index in [1.165, 1.54) is 18.9 Å². The molecule has 2 heterocycles. The Bertz CT molecular complexity index is 733. The van der Waals surface area contributed by atoms with Gasteiger partial charge in [-0.25, -0.2) is 12.8 Å². The zero-order valence-electron chi connectivity index (χ0n) is 14.1. The molecule has 1 saturated carbocycles. The molecule has 0 N–H and O–H groups in total. The van der Waals surface area contributed by atoms with Crippen LogP contribution in [0.25, 0.3) is 0 Å². The minimum Gasteiger partial charge on any atom is -0.296 e. The van der Waals surface area contributed by atoms with Gasteiger partial charge >= 0.3 is 0 Å². The van der Waals surface area contributed by atoms with E-state index in [-0.39, 0.29) is 23.7 Å². The van der Waals surface area contributed by atoms with Crippen LogP contribution in [0.4, 0.5) is 4.39 Å². The lowest BCUT2D eigenvalue weighted by Gasteiger charge is -2.44. The van der Waals surface area contributed by atoms with Crippen molar-refractivity contribution < 1.29 is 12.8 Å². The monoisotopic (exact) mass is 352 g/mol. The standard InChI is InChI=1S/C18H25FN2O2S/c1-13-8-15(4-5-16(13)19)10-21-7-6-20(9-14-2-3-14)17-11-24(22,23)12-18(17)21/h4-5,8,14,17-18H,2-3,6-7,9-12H2,1H3/t17-,18+/m1/s1. The highest BCUT2D eigenvalue weighted by molar-refractivity contribution is 7.91. The molecule has 0 spiro atoms. The van der Waals surface area contributed by atoms with E-state index >= 15 is 0 Å². The fourth-order valence-electron chi connectivity index (χ4n) is 4.19. The average Bonchev–Trinajstić information content (AvgIpc) is 3.26. The number of nitrogens with zero attached hydrogens (tertiary/aromatic N) is 2. The van der Waals surface area contributed by atoms with E-state index in [4.69, 9.17) is 0 Å². The predicted molar refractivity (Wildman–Crippen MR) is 92.1 cm³/mol. The van der Waals surface area contributed by atoms with Gasteiger partial charge < -0.3 is 0 Å². The highest BCUT2D eigenvalue weighted by atomic mass is 32.2. The van der Waals surface area contributed by atoms with E-state index in [0.717, 1.165) is 31.1 Å². The van der Waals surface area contributed by atoms with Gasteiger partial charge in [-0.2, -0.15) is 0 Å². The number of benzene rings is 1. The van der Waals surface area contributed by atoms with Crippen LogP contribution >= 0.6 is 0 Å². The Morgan fingerprint density at radius 2 is 1.79 bits per heavy atom. The molecule has 0 bridgehead atoms. The molecule has 24 heavy (non-hydrogen) atoms. The van der Waals surface area contributed by atoms with Gasteiger partial charge in [0.05, 0.1) is 11.5 Å². The zero-order valence-corrected chi connectivity index (χ0v) is 14.9. The van der Waals surface area contributed by atoms with Crippen LogP contribution < -0.4 is 0 Å². The van der Waals surface area contributed by atoms with Crippen molar-refractivity contribution in [3.63, 3.8) is 0 Å². The molecule has 3 fully saturated rings. The summed E-state index contributed by atoms with van der Waals surface area (Å²) in [7, 11) is -2.96. The lowest BCUT2D eigenvalue weighted by atomic mass is 10.0. The van der Waals surface area contributed by atoms with Crippen molar-refractivity contribution in [2.24, 2.45) is 5.92 Å². The molecule has 2 aliphatic heterocycles. The number of rotatable bonds is 4. The Labute approximate surface area is 143 Å². The van der Waals surface area contributed by atoms with Crippen molar-refractivity contribution in [3.05, 3.63) is 35.1 Å². The largest absolute Gasteiger partial charge is 0.296 e. The van der Waals surface area contributed by atoms with Crippen LogP contribution in [0.5, 0.6) is 0 Å². The molecule has 0 unspecified atom stereocenters. The Kier molecular flexibility index (Phi) is 4.17. The number of halogens is 1. The van der Waals surface area contributed by atoms with Crippen LogP contribution in [-0.4, -0.2) is 61.4 Å². The molecule has 0 amide bonds. The summed E-state index contributed by atoms with van der Waals surface area (Å²) in [5, 5.41) is 0. The molecular weight excluding hydrogens is 327 g/mol. The molecule has 132 valence electrons. The number of sulfone groups is 1. The van der Waals surface area contributed by atoms with Gasteiger partial charge in [0.2, 0.25) is 0 Å². The lowest BCUT2D eigenvalue weighted by Crippen LogP contribution is -2.59. The van der Waals surface area contributed by atoms with Crippen molar-refractivity contribution in [3.8, 4) is 0 Å². The molecule has 2 saturated heterocycles. The van der Waals surface area contributed by atoms with E-state index in [1.54, 1.807) is 6.92 Å². The number of hydrogen-bond acceptors (Lipinski definition) is 4. The van der Waals surface area contributed by atoms with Crippen molar-refractivity contribution in [1.29, 1.82) is 0 Å². The third-order valence-electron chi connectivity index (χ3n) is 5.70. The van der Waals surface area contributed by atoms with E-state index < -0.39 is 9.84 Å². The molecule has 0 radical (unpaired) electrons. The molecule has 1 aliphatic carbocycles. The molecular formula is C18H25FN2O2S. The molecule has 4 rings (SSSR count). The second-order valence-electron chi connectivity index (χ2n) is 7.70. The Balaban J connectivity index is 1.52. The SMILES string of the molecule is Cc1cc(CN2CCN(CC3CC3)[C@@H]3CS(=O)(=O)C[C@@H]32)ccc1F.